The summed E-state index contributed by atoms with van der Waals surface area (Å²) in [4.78, 5) is 14.8. The lowest BCUT2D eigenvalue weighted by Crippen LogP contribution is -2.46. The van der Waals surface area contributed by atoms with Crippen LogP contribution in [0.3, 0.4) is 0 Å². The average Bonchev–Trinajstić information content (AvgIpc) is 2.21. The van der Waals surface area contributed by atoms with Crippen molar-refractivity contribution in [3.63, 3.8) is 0 Å². The highest BCUT2D eigenvalue weighted by Crippen LogP contribution is 2.13. The van der Waals surface area contributed by atoms with Crippen molar-refractivity contribution in [3.05, 3.63) is 24.0 Å². The van der Waals surface area contributed by atoms with Gasteiger partial charge in [0, 0.05) is 12.1 Å². The standard InChI is InChI=1S/C9H13BN2O4/c1-9(11,8(13)14)4-6-2-3-7(5-12-6)16-10-15/h2-3,5,10,15H,4,11H2,1H3,(H,13,14)/t9-/m0/s1. The number of carbonyl (C=O) groups is 1. The molecule has 1 rings (SSSR count). The Labute approximate surface area is 93.4 Å². The van der Waals surface area contributed by atoms with E-state index in [9.17, 15) is 4.79 Å². The Kier molecular flexibility index (Phi) is 3.86. The average molecular weight is 224 g/mol. The van der Waals surface area contributed by atoms with Crippen LogP contribution in [0.25, 0.3) is 0 Å². The third-order valence-electron chi connectivity index (χ3n) is 2.07. The van der Waals surface area contributed by atoms with E-state index in [1.807, 2.05) is 0 Å². The van der Waals surface area contributed by atoms with Crippen LogP contribution in [0.4, 0.5) is 0 Å². The minimum Gasteiger partial charge on any atom is -0.538 e. The number of nitrogens with two attached hydrogens (primary N) is 1. The van der Waals surface area contributed by atoms with E-state index in [0.29, 0.717) is 11.4 Å². The number of carboxylic acids is 1. The maximum absolute atomic E-state index is 10.8. The van der Waals surface area contributed by atoms with E-state index in [4.69, 9.17) is 20.5 Å². The molecule has 86 valence electrons. The monoisotopic (exact) mass is 224 g/mol. The second-order valence-corrected chi connectivity index (χ2v) is 3.66. The molecule has 0 saturated carbocycles. The molecule has 1 aromatic rings. The summed E-state index contributed by atoms with van der Waals surface area (Å²) in [5.74, 6) is -0.662. The zero-order valence-corrected chi connectivity index (χ0v) is 8.88. The first kappa shape index (κ1) is 12.5. The summed E-state index contributed by atoms with van der Waals surface area (Å²) >= 11 is 0. The summed E-state index contributed by atoms with van der Waals surface area (Å²) in [6.07, 6.45) is 1.53. The number of hydrogen-bond donors (Lipinski definition) is 3. The summed E-state index contributed by atoms with van der Waals surface area (Å²) in [5, 5.41) is 17.3. The van der Waals surface area contributed by atoms with E-state index in [0.717, 1.165) is 0 Å². The van der Waals surface area contributed by atoms with Crippen LogP contribution in [0.2, 0.25) is 0 Å². The molecule has 0 saturated heterocycles. The summed E-state index contributed by atoms with van der Waals surface area (Å²) in [6.45, 7) is 1.43. The molecule has 1 aromatic heterocycles. The van der Waals surface area contributed by atoms with Gasteiger partial charge in [-0.3, -0.25) is 9.78 Å². The third kappa shape index (κ3) is 3.21. The molecule has 1 heterocycles. The Morgan fingerprint density at radius 3 is 2.81 bits per heavy atom. The van der Waals surface area contributed by atoms with E-state index in [1.54, 1.807) is 12.1 Å². The van der Waals surface area contributed by atoms with E-state index < -0.39 is 19.2 Å². The van der Waals surface area contributed by atoms with Gasteiger partial charge < -0.3 is 20.5 Å². The molecule has 6 nitrogen and oxygen atoms in total. The second kappa shape index (κ2) is 4.95. The molecule has 7 heteroatoms. The Bertz CT molecular complexity index is 366. The van der Waals surface area contributed by atoms with Gasteiger partial charge in [0.2, 0.25) is 0 Å². The lowest BCUT2D eigenvalue weighted by molar-refractivity contribution is -0.142. The predicted molar refractivity (Wildman–Crippen MR) is 58.2 cm³/mol. The zero-order valence-electron chi connectivity index (χ0n) is 8.88. The van der Waals surface area contributed by atoms with Crippen molar-refractivity contribution in [2.75, 3.05) is 0 Å². The lowest BCUT2D eigenvalue weighted by Gasteiger charge is -2.18. The third-order valence-corrected chi connectivity index (χ3v) is 2.07. The number of rotatable bonds is 5. The molecule has 0 radical (unpaired) electrons. The van der Waals surface area contributed by atoms with Crippen LogP contribution in [0.1, 0.15) is 12.6 Å². The van der Waals surface area contributed by atoms with Gasteiger partial charge in [0.25, 0.3) is 0 Å². The highest BCUT2D eigenvalue weighted by molar-refractivity contribution is 6.17. The van der Waals surface area contributed by atoms with Crippen molar-refractivity contribution in [2.24, 2.45) is 5.73 Å². The first-order valence-corrected chi connectivity index (χ1v) is 4.66. The first-order chi connectivity index (χ1) is 7.45. The van der Waals surface area contributed by atoms with Gasteiger partial charge in [-0.15, -0.1) is 0 Å². The number of pyridine rings is 1. The molecule has 16 heavy (non-hydrogen) atoms. The van der Waals surface area contributed by atoms with Crippen molar-refractivity contribution in [1.82, 2.24) is 4.98 Å². The van der Waals surface area contributed by atoms with Gasteiger partial charge in [0.15, 0.2) is 0 Å². The smallest absolute Gasteiger partial charge is 0.504 e. The van der Waals surface area contributed by atoms with E-state index >= 15 is 0 Å². The van der Waals surface area contributed by atoms with Gasteiger partial charge in [0.05, 0.1) is 6.20 Å². The normalized spacial score (nSPS) is 13.9. The topological polar surface area (TPSA) is 106 Å². The van der Waals surface area contributed by atoms with E-state index in [-0.39, 0.29) is 6.42 Å². The largest absolute Gasteiger partial charge is 0.538 e. The van der Waals surface area contributed by atoms with E-state index in [1.165, 1.54) is 13.1 Å². The number of hydrogen-bond acceptors (Lipinski definition) is 5. The molecule has 4 N–H and O–H groups in total. The van der Waals surface area contributed by atoms with Gasteiger partial charge in [-0.25, -0.2) is 0 Å². The van der Waals surface area contributed by atoms with Crippen molar-refractivity contribution in [2.45, 2.75) is 18.9 Å². The number of aliphatic carboxylic acids is 1. The molecule has 0 fully saturated rings. The van der Waals surface area contributed by atoms with Gasteiger partial charge in [-0.2, -0.15) is 0 Å². The van der Waals surface area contributed by atoms with Crippen LogP contribution >= 0.6 is 0 Å². The summed E-state index contributed by atoms with van der Waals surface area (Å²) in [5.41, 5.74) is 4.79. The molecule has 0 amide bonds. The molecule has 0 aliphatic heterocycles. The Hall–Kier alpha value is -1.60. The van der Waals surface area contributed by atoms with Crippen LogP contribution in [0.5, 0.6) is 5.75 Å². The summed E-state index contributed by atoms with van der Waals surface area (Å²) < 4.78 is 4.78. The van der Waals surface area contributed by atoms with Crippen LogP contribution in [-0.4, -0.2) is 34.3 Å². The maximum Gasteiger partial charge on any atom is 0.504 e. The number of aromatic nitrogens is 1. The van der Waals surface area contributed by atoms with Crippen LogP contribution < -0.4 is 10.4 Å². The van der Waals surface area contributed by atoms with Gasteiger partial charge in [-0.05, 0) is 19.1 Å². The van der Waals surface area contributed by atoms with Gasteiger partial charge >= 0.3 is 13.7 Å². The van der Waals surface area contributed by atoms with Crippen molar-refractivity contribution in [3.8, 4) is 5.75 Å². The summed E-state index contributed by atoms with van der Waals surface area (Å²) in [7, 11) is -0.426. The molecule has 0 aromatic carbocycles. The molecular formula is C9H13BN2O4. The second-order valence-electron chi connectivity index (χ2n) is 3.66. The SMILES string of the molecule is C[C@](N)(Cc1ccc(OBO)cn1)C(=O)O. The quantitative estimate of drug-likeness (QED) is 0.557. The van der Waals surface area contributed by atoms with Crippen LogP contribution in [-0.2, 0) is 11.2 Å². The number of carboxylic acid groups (broad SMARTS) is 1. The van der Waals surface area contributed by atoms with Gasteiger partial charge in [-0.1, -0.05) is 0 Å². The first-order valence-electron chi connectivity index (χ1n) is 4.66. The highest BCUT2D eigenvalue weighted by atomic mass is 16.5. The highest BCUT2D eigenvalue weighted by Gasteiger charge is 2.28. The van der Waals surface area contributed by atoms with E-state index in [2.05, 4.69) is 4.98 Å². The maximum atomic E-state index is 10.8. The minimum atomic E-state index is -1.34. The summed E-state index contributed by atoms with van der Waals surface area (Å²) in [6, 6.07) is 3.20. The fourth-order valence-electron chi connectivity index (χ4n) is 1.13. The Balaban J connectivity index is 2.72. The zero-order chi connectivity index (χ0) is 12.2. The Morgan fingerprint density at radius 1 is 1.69 bits per heavy atom. The molecule has 0 aliphatic rings. The van der Waals surface area contributed by atoms with Crippen molar-refractivity contribution >= 4 is 13.7 Å². The number of nitrogens with zero attached hydrogens (tertiary/aromatic N) is 1. The molecule has 0 bridgehead atoms. The molecule has 0 aliphatic carbocycles. The fraction of sp³-hybridized carbons (Fsp3) is 0.333. The predicted octanol–water partition coefficient (Wildman–Crippen LogP) is -0.936. The molecule has 0 unspecified atom stereocenters. The molecule has 0 spiro atoms. The molecule has 1 atom stereocenters. The lowest BCUT2D eigenvalue weighted by atomic mass is 9.97. The van der Waals surface area contributed by atoms with Crippen molar-refractivity contribution < 1.29 is 19.6 Å². The van der Waals surface area contributed by atoms with Crippen LogP contribution in [0.15, 0.2) is 18.3 Å². The molecular weight excluding hydrogens is 211 g/mol. The fourth-order valence-corrected chi connectivity index (χ4v) is 1.13. The van der Waals surface area contributed by atoms with Crippen LogP contribution in [0, 0.1) is 0 Å². The van der Waals surface area contributed by atoms with Crippen molar-refractivity contribution in [1.29, 1.82) is 0 Å². The minimum absolute atomic E-state index is 0.127. The Morgan fingerprint density at radius 2 is 2.38 bits per heavy atom. The van der Waals surface area contributed by atoms with Gasteiger partial charge in [0.1, 0.15) is 11.3 Å².